The molecule has 2 amide bonds. The number of nitrogens with one attached hydrogen (secondary N) is 4. The lowest BCUT2D eigenvalue weighted by Gasteiger charge is -2.20. The van der Waals surface area contributed by atoms with Crippen molar-refractivity contribution >= 4 is 77.9 Å². The number of H-pyrrole nitrogens is 1. The second kappa shape index (κ2) is 22.2. The fourth-order valence-electron chi connectivity index (χ4n) is 9.23. The number of hydrogen-bond acceptors (Lipinski definition) is 11. The maximum Gasteiger partial charge on any atom is 0.269 e. The Hall–Kier alpha value is -8.84. The van der Waals surface area contributed by atoms with Crippen LogP contribution in [-0.4, -0.2) is 94.0 Å². The van der Waals surface area contributed by atoms with E-state index in [2.05, 4.69) is 30.3 Å². The Balaban J connectivity index is 0.781. The summed E-state index contributed by atoms with van der Waals surface area (Å²) < 4.78 is 65.6. The van der Waals surface area contributed by atoms with Crippen molar-refractivity contribution in [2.75, 3.05) is 56.7 Å². The van der Waals surface area contributed by atoms with Gasteiger partial charge in [-0.1, -0.05) is 31.9 Å². The zero-order chi connectivity index (χ0) is 54.7. The normalized spacial score (nSPS) is 11.6. The topological polar surface area (TPSA) is 223 Å². The van der Waals surface area contributed by atoms with Gasteiger partial charge in [0.05, 0.1) is 29.0 Å². The van der Waals surface area contributed by atoms with E-state index in [1.165, 1.54) is 18.2 Å². The SMILES string of the molecule is CCCS(=O)(=O)Nc1ccc(F)c(C(=O)c2ccc3[nH]c4ncc(-c5ccc(C(=O)NCCCCCCNC(=O)c6ccc(-c7c8ccc(=[N+](C)C)cc-8oc8cc(N(C)C)ccc78)c(C(=O)[O-])c6)nc5)cc4c3c2)c1F. The standard InChI is InChI=1S/C58H54F2N8O8S/c1-6-25-77(74,75)66-47-22-19-45(59)52(53(47)60)54(69)33-12-20-46-42(26-33)43-28-36(32-64-55(43)65-46)35-13-21-48(63-31-35)57(71)62-24-10-8-7-9-23-61-56(70)34-11-16-39(44(27-34)58(72)73)51-40-17-14-37(67(2)3)29-49(40)76-50-30-38(68(4)5)15-18-41(50)51/h11-22,26-32,66H,6-10,23-25H2,1-5H3,(H3-,61,62,64,65,69,70,71,72,73). The Morgan fingerprint density at radius 2 is 1.47 bits per heavy atom. The average Bonchev–Trinajstić information content (AvgIpc) is 3.79. The van der Waals surface area contributed by atoms with Gasteiger partial charge in [0.2, 0.25) is 15.4 Å². The minimum Gasteiger partial charge on any atom is -0.545 e. The molecule has 0 bridgehead atoms. The summed E-state index contributed by atoms with van der Waals surface area (Å²) in [5.41, 5.74) is 4.45. The maximum atomic E-state index is 15.5. The van der Waals surface area contributed by atoms with Crippen molar-refractivity contribution in [2.24, 2.45) is 0 Å². The van der Waals surface area contributed by atoms with Crippen molar-refractivity contribution in [1.82, 2.24) is 30.2 Å². The van der Waals surface area contributed by atoms with E-state index in [-0.39, 0.29) is 40.5 Å². The van der Waals surface area contributed by atoms with Gasteiger partial charge in [0.25, 0.3) is 11.8 Å². The molecule has 0 atom stereocenters. The van der Waals surface area contributed by atoms with Gasteiger partial charge in [-0.2, -0.15) is 0 Å². The average molecular weight is 1060 g/mol. The number of sulfonamides is 1. The lowest BCUT2D eigenvalue weighted by Crippen LogP contribution is -2.27. The Morgan fingerprint density at radius 3 is 2.17 bits per heavy atom. The molecule has 7 aromatic rings. The van der Waals surface area contributed by atoms with Gasteiger partial charge < -0.3 is 34.8 Å². The van der Waals surface area contributed by atoms with E-state index in [4.69, 9.17) is 4.42 Å². The number of unbranched alkanes of at least 4 members (excludes halogenated alkanes) is 3. The van der Waals surface area contributed by atoms with Crippen LogP contribution in [0.3, 0.4) is 0 Å². The zero-order valence-corrected chi connectivity index (χ0v) is 43.7. The number of nitrogens with zero attached hydrogens (tertiary/aromatic N) is 4. The van der Waals surface area contributed by atoms with Gasteiger partial charge in [0.1, 0.15) is 42.6 Å². The predicted octanol–water partition coefficient (Wildman–Crippen LogP) is 8.14. The number of carbonyl (C=O) groups is 4. The molecular formula is C58H54F2N8O8S. The number of rotatable bonds is 19. The van der Waals surface area contributed by atoms with E-state index in [9.17, 15) is 37.1 Å². The minimum atomic E-state index is -3.92. The smallest absolute Gasteiger partial charge is 0.269 e. The Morgan fingerprint density at radius 1 is 0.740 bits per heavy atom. The number of anilines is 2. The molecule has 4 heterocycles. The van der Waals surface area contributed by atoms with Crippen molar-refractivity contribution in [1.29, 1.82) is 0 Å². The molecule has 1 aliphatic heterocycles. The molecule has 2 aliphatic rings. The van der Waals surface area contributed by atoms with E-state index >= 15 is 4.39 Å². The largest absolute Gasteiger partial charge is 0.545 e. The molecule has 19 heteroatoms. The van der Waals surface area contributed by atoms with E-state index in [0.717, 1.165) is 36.0 Å². The number of ketones is 1. The monoisotopic (exact) mass is 1060 g/mol. The molecule has 9 rings (SSSR count). The van der Waals surface area contributed by atoms with E-state index in [1.54, 1.807) is 49.6 Å². The van der Waals surface area contributed by atoms with Crippen molar-refractivity contribution in [3.63, 3.8) is 0 Å². The number of amides is 2. The van der Waals surface area contributed by atoms with Crippen LogP contribution in [0.1, 0.15) is 86.2 Å². The summed E-state index contributed by atoms with van der Waals surface area (Å²) in [5, 5.41) is 21.3. The maximum absolute atomic E-state index is 15.5. The number of hydrogen-bond donors (Lipinski definition) is 4. The Kier molecular flexibility index (Phi) is 15.3. The highest BCUT2D eigenvalue weighted by Crippen LogP contribution is 2.42. The quantitative estimate of drug-likeness (QED) is 0.0262. The Bertz CT molecular complexity index is 3960. The molecule has 77 heavy (non-hydrogen) atoms. The third-order valence-electron chi connectivity index (χ3n) is 13.3. The van der Waals surface area contributed by atoms with E-state index in [0.29, 0.717) is 92.4 Å². The fourth-order valence-corrected chi connectivity index (χ4v) is 10.4. The molecule has 0 fully saturated rings. The summed E-state index contributed by atoms with van der Waals surface area (Å²) in [6.07, 6.45) is 6.30. The van der Waals surface area contributed by atoms with Crippen LogP contribution in [0.25, 0.3) is 66.5 Å². The summed E-state index contributed by atoms with van der Waals surface area (Å²) in [7, 11) is 3.78. The van der Waals surface area contributed by atoms with Crippen molar-refractivity contribution < 1.29 is 45.9 Å². The molecule has 0 saturated carbocycles. The first-order chi connectivity index (χ1) is 36.9. The van der Waals surface area contributed by atoms with Crippen LogP contribution in [0.5, 0.6) is 0 Å². The highest BCUT2D eigenvalue weighted by molar-refractivity contribution is 7.92. The van der Waals surface area contributed by atoms with Gasteiger partial charge in [0.15, 0.2) is 11.6 Å². The van der Waals surface area contributed by atoms with Crippen LogP contribution < -0.4 is 35.3 Å². The van der Waals surface area contributed by atoms with Crippen LogP contribution in [0.2, 0.25) is 0 Å². The molecule has 4 aromatic carbocycles. The van der Waals surface area contributed by atoms with Gasteiger partial charge in [0, 0.05) is 118 Å². The third-order valence-corrected chi connectivity index (χ3v) is 14.7. The summed E-state index contributed by atoms with van der Waals surface area (Å²) >= 11 is 0. The van der Waals surface area contributed by atoms with Crippen LogP contribution in [0.15, 0.2) is 120 Å². The van der Waals surface area contributed by atoms with Gasteiger partial charge in [-0.05, 0) is 97.6 Å². The summed E-state index contributed by atoms with van der Waals surface area (Å²) in [5.74, 6) is -5.33. The lowest BCUT2D eigenvalue weighted by molar-refractivity contribution is -0.254. The molecular weight excluding hydrogens is 1010 g/mol. The van der Waals surface area contributed by atoms with Crippen molar-refractivity contribution in [3.05, 3.63) is 160 Å². The van der Waals surface area contributed by atoms with Gasteiger partial charge in [-0.15, -0.1) is 0 Å². The van der Waals surface area contributed by atoms with Gasteiger partial charge >= 0.3 is 0 Å². The summed E-state index contributed by atoms with van der Waals surface area (Å²) in [6, 6.07) is 27.5. The number of fused-ring (bicyclic) bond motifs is 5. The van der Waals surface area contributed by atoms with Gasteiger partial charge in [-0.3, -0.25) is 24.1 Å². The first kappa shape index (κ1) is 53.0. The minimum absolute atomic E-state index is 0.0326. The molecule has 0 spiro atoms. The first-order valence-corrected chi connectivity index (χ1v) is 26.6. The number of carboxylic acid groups (broad SMARTS) is 1. The molecule has 4 N–H and O–H groups in total. The summed E-state index contributed by atoms with van der Waals surface area (Å²) in [4.78, 5) is 66.7. The number of carboxylic acids is 1. The molecule has 1 aliphatic carbocycles. The second-order valence-electron chi connectivity index (χ2n) is 19.1. The second-order valence-corrected chi connectivity index (χ2v) is 20.9. The van der Waals surface area contributed by atoms with Crippen LogP contribution in [-0.2, 0) is 10.0 Å². The molecule has 394 valence electrons. The van der Waals surface area contributed by atoms with E-state index in [1.807, 2.05) is 80.1 Å². The lowest BCUT2D eigenvalue weighted by atomic mass is 9.89. The number of halogens is 2. The summed E-state index contributed by atoms with van der Waals surface area (Å²) in [6.45, 7) is 2.40. The number of benzene rings is 5. The Labute approximate surface area is 441 Å². The molecule has 0 unspecified atom stereocenters. The third kappa shape index (κ3) is 11.3. The number of carbonyl (C=O) groups excluding carboxylic acids is 4. The number of aromatic amines is 1. The molecule has 16 nitrogen and oxygen atoms in total. The van der Waals surface area contributed by atoms with Crippen molar-refractivity contribution in [2.45, 2.75) is 39.0 Å². The molecule has 3 aromatic heterocycles. The molecule has 0 saturated heterocycles. The number of aromatic carboxylic acids is 1. The molecule has 0 radical (unpaired) electrons. The first-order valence-electron chi connectivity index (χ1n) is 24.9. The highest BCUT2D eigenvalue weighted by Gasteiger charge is 2.26. The van der Waals surface area contributed by atoms with Gasteiger partial charge in [-0.25, -0.2) is 26.8 Å². The fraction of sp³-hybridized carbons (Fsp3) is 0.224. The highest BCUT2D eigenvalue weighted by atomic mass is 32.2. The van der Waals surface area contributed by atoms with Crippen LogP contribution in [0, 0.1) is 11.6 Å². The van der Waals surface area contributed by atoms with Crippen LogP contribution in [0.4, 0.5) is 20.2 Å². The predicted molar refractivity (Wildman–Crippen MR) is 292 cm³/mol. The zero-order valence-electron chi connectivity index (χ0n) is 42.8. The van der Waals surface area contributed by atoms with Crippen LogP contribution >= 0.6 is 0 Å². The number of aromatic nitrogens is 3. The van der Waals surface area contributed by atoms with E-state index < -0.39 is 50.6 Å². The van der Waals surface area contributed by atoms with Crippen molar-refractivity contribution in [3.8, 4) is 33.6 Å². The number of pyridine rings is 2.